The number of hydrogen-bond acceptors (Lipinski definition) is 5. The lowest BCUT2D eigenvalue weighted by Gasteiger charge is -2.30. The number of rotatable bonds is 6. The normalized spacial score (nSPS) is 14.7. The summed E-state index contributed by atoms with van der Waals surface area (Å²) in [5.41, 5.74) is 5.73. The molecule has 2 N–H and O–H groups in total. The van der Waals surface area contributed by atoms with Crippen LogP contribution in [0, 0.1) is 5.92 Å². The molecule has 4 rings (SSSR count). The van der Waals surface area contributed by atoms with Crippen LogP contribution in [0.15, 0.2) is 46.2 Å². The van der Waals surface area contributed by atoms with Gasteiger partial charge in [-0.05, 0) is 25.3 Å². The number of amides is 2. The zero-order valence-electron chi connectivity index (χ0n) is 17.9. The van der Waals surface area contributed by atoms with E-state index >= 15 is 0 Å². The van der Waals surface area contributed by atoms with Crippen LogP contribution >= 0.6 is 0 Å². The highest BCUT2D eigenvalue weighted by Crippen LogP contribution is 2.17. The topological polar surface area (TPSA) is 125 Å². The minimum Gasteiger partial charge on any atom is -0.369 e. The average molecular weight is 438 g/mol. The minimum atomic E-state index is -0.576. The van der Waals surface area contributed by atoms with Gasteiger partial charge in [0.1, 0.15) is 6.54 Å². The Morgan fingerprint density at radius 1 is 1.09 bits per heavy atom. The van der Waals surface area contributed by atoms with Gasteiger partial charge in [0.25, 0.3) is 5.56 Å². The highest BCUT2D eigenvalue weighted by molar-refractivity contribution is 5.79. The number of aryl methyl sites for hydroxylation is 1. The Labute approximate surface area is 183 Å². The third-order valence-electron chi connectivity index (χ3n) is 6.05. The number of hydrogen-bond donors (Lipinski definition) is 1. The van der Waals surface area contributed by atoms with Crippen molar-refractivity contribution >= 4 is 23.0 Å². The Balaban J connectivity index is 1.71. The molecule has 1 aliphatic rings. The molecule has 3 aromatic rings. The second-order valence-electron chi connectivity index (χ2n) is 8.01. The third-order valence-corrected chi connectivity index (χ3v) is 6.05. The van der Waals surface area contributed by atoms with Crippen molar-refractivity contribution < 1.29 is 9.59 Å². The van der Waals surface area contributed by atoms with E-state index in [0.717, 1.165) is 10.1 Å². The van der Waals surface area contributed by atoms with E-state index in [1.807, 2.05) is 37.3 Å². The number of imidazole rings is 1. The molecule has 0 radical (unpaired) electrons. The number of carbonyl (C=O) groups excluding carboxylic acids is 2. The third kappa shape index (κ3) is 3.95. The maximum atomic E-state index is 13.3. The maximum Gasteiger partial charge on any atom is 0.333 e. The van der Waals surface area contributed by atoms with Crippen LogP contribution in [0.1, 0.15) is 25.3 Å². The van der Waals surface area contributed by atoms with Crippen molar-refractivity contribution in [3.8, 4) is 0 Å². The van der Waals surface area contributed by atoms with E-state index in [4.69, 9.17) is 5.73 Å². The van der Waals surface area contributed by atoms with Gasteiger partial charge in [-0.3, -0.25) is 19.0 Å². The summed E-state index contributed by atoms with van der Waals surface area (Å²) in [4.78, 5) is 56.7. The number of aromatic nitrogens is 4. The number of primary amides is 1. The molecule has 10 heteroatoms. The van der Waals surface area contributed by atoms with Crippen LogP contribution in [0.4, 0.5) is 0 Å². The fourth-order valence-corrected chi connectivity index (χ4v) is 4.18. The highest BCUT2D eigenvalue weighted by Gasteiger charge is 2.27. The fraction of sp³-hybridized carbons (Fsp3) is 0.409. The number of carbonyl (C=O) groups is 2. The molecule has 0 bridgehead atoms. The molecule has 0 saturated carbocycles. The molecule has 0 aliphatic carbocycles. The summed E-state index contributed by atoms with van der Waals surface area (Å²) in [7, 11) is 0. The second-order valence-corrected chi connectivity index (χ2v) is 8.01. The number of nitrogens with two attached hydrogens (primary N) is 1. The van der Waals surface area contributed by atoms with Crippen LogP contribution < -0.4 is 17.0 Å². The van der Waals surface area contributed by atoms with Crippen molar-refractivity contribution in [2.24, 2.45) is 11.7 Å². The Morgan fingerprint density at radius 2 is 1.78 bits per heavy atom. The molecule has 2 aromatic heterocycles. The molecule has 168 valence electrons. The molecule has 10 nitrogen and oxygen atoms in total. The Bertz CT molecular complexity index is 1270. The molecular weight excluding hydrogens is 412 g/mol. The number of nitrogens with zero attached hydrogens (tertiary/aromatic N) is 5. The van der Waals surface area contributed by atoms with Crippen LogP contribution in [0.3, 0.4) is 0 Å². The molecular formula is C22H26N6O4. The summed E-state index contributed by atoms with van der Waals surface area (Å²) in [6.45, 7) is 2.99. The molecule has 1 saturated heterocycles. The molecule has 3 heterocycles. The minimum absolute atomic E-state index is 0.232. The van der Waals surface area contributed by atoms with Crippen molar-refractivity contribution in [1.82, 2.24) is 23.6 Å². The summed E-state index contributed by atoms with van der Waals surface area (Å²) in [5.74, 6) is -0.948. The van der Waals surface area contributed by atoms with Gasteiger partial charge >= 0.3 is 5.69 Å². The smallest absolute Gasteiger partial charge is 0.333 e. The van der Waals surface area contributed by atoms with Gasteiger partial charge in [0.2, 0.25) is 11.8 Å². The van der Waals surface area contributed by atoms with Gasteiger partial charge in [-0.25, -0.2) is 14.3 Å². The Hall–Kier alpha value is -3.69. The predicted molar refractivity (Wildman–Crippen MR) is 118 cm³/mol. The van der Waals surface area contributed by atoms with Crippen molar-refractivity contribution in [3.05, 3.63) is 63.1 Å². The molecule has 1 aliphatic heterocycles. The van der Waals surface area contributed by atoms with E-state index in [1.54, 1.807) is 9.47 Å². The quantitative estimate of drug-likeness (QED) is 0.587. The van der Waals surface area contributed by atoms with E-state index in [2.05, 4.69) is 4.98 Å². The SMILES string of the molecule is CCn1cnc2c1c(=O)n(CC(=O)N1CCC(C(N)=O)CC1)c(=O)n2Cc1ccccc1. The number of likely N-dealkylation sites (tertiary alicyclic amines) is 1. The van der Waals surface area contributed by atoms with Crippen LogP contribution in [0.25, 0.3) is 11.2 Å². The zero-order chi connectivity index (χ0) is 22.8. The Morgan fingerprint density at radius 3 is 2.41 bits per heavy atom. The van der Waals surface area contributed by atoms with Gasteiger partial charge in [0.15, 0.2) is 11.2 Å². The van der Waals surface area contributed by atoms with Crippen molar-refractivity contribution in [3.63, 3.8) is 0 Å². The van der Waals surface area contributed by atoms with Crippen LogP contribution in [-0.2, 0) is 29.2 Å². The molecule has 2 amide bonds. The summed E-state index contributed by atoms with van der Waals surface area (Å²) in [5, 5.41) is 0. The fourth-order valence-electron chi connectivity index (χ4n) is 4.18. The molecule has 32 heavy (non-hydrogen) atoms. The average Bonchev–Trinajstić information content (AvgIpc) is 3.24. The molecule has 0 atom stereocenters. The van der Waals surface area contributed by atoms with Gasteiger partial charge in [-0.2, -0.15) is 0 Å². The molecule has 1 aromatic carbocycles. The largest absolute Gasteiger partial charge is 0.369 e. The standard InChI is InChI=1S/C22H26N6O4/c1-2-25-14-24-20-18(25)21(31)28(22(32)27(20)12-15-6-4-3-5-7-15)13-17(29)26-10-8-16(9-11-26)19(23)30/h3-7,14,16H,2,8-13H2,1H3,(H2,23,30). The summed E-state index contributed by atoms with van der Waals surface area (Å²) >= 11 is 0. The van der Waals surface area contributed by atoms with Gasteiger partial charge in [-0.15, -0.1) is 0 Å². The summed E-state index contributed by atoms with van der Waals surface area (Å²) < 4.78 is 4.10. The van der Waals surface area contributed by atoms with Gasteiger partial charge in [0.05, 0.1) is 12.9 Å². The van der Waals surface area contributed by atoms with E-state index in [1.165, 1.54) is 10.9 Å². The molecule has 1 fully saturated rings. The zero-order valence-corrected chi connectivity index (χ0v) is 17.9. The van der Waals surface area contributed by atoms with Crippen molar-refractivity contribution in [2.75, 3.05) is 13.1 Å². The maximum absolute atomic E-state index is 13.3. The van der Waals surface area contributed by atoms with Gasteiger partial charge in [-0.1, -0.05) is 30.3 Å². The van der Waals surface area contributed by atoms with Crippen LogP contribution in [0.2, 0.25) is 0 Å². The summed E-state index contributed by atoms with van der Waals surface area (Å²) in [6, 6.07) is 9.40. The first kappa shape index (κ1) is 21.5. The number of benzene rings is 1. The van der Waals surface area contributed by atoms with E-state index in [-0.39, 0.29) is 30.8 Å². The number of fused-ring (bicyclic) bond motifs is 1. The highest BCUT2D eigenvalue weighted by atomic mass is 16.2. The van der Waals surface area contributed by atoms with E-state index in [0.29, 0.717) is 43.6 Å². The lowest BCUT2D eigenvalue weighted by atomic mass is 9.96. The predicted octanol–water partition coefficient (Wildman–Crippen LogP) is 0.152. The van der Waals surface area contributed by atoms with Crippen LogP contribution in [0.5, 0.6) is 0 Å². The Kier molecular flexibility index (Phi) is 5.93. The summed E-state index contributed by atoms with van der Waals surface area (Å²) in [6.07, 6.45) is 2.50. The monoisotopic (exact) mass is 438 g/mol. The van der Waals surface area contributed by atoms with Gasteiger partial charge < -0.3 is 15.2 Å². The first-order valence-electron chi connectivity index (χ1n) is 10.7. The first-order valence-corrected chi connectivity index (χ1v) is 10.7. The van der Waals surface area contributed by atoms with Crippen molar-refractivity contribution in [2.45, 2.75) is 39.4 Å². The van der Waals surface area contributed by atoms with Crippen LogP contribution in [-0.4, -0.2) is 48.5 Å². The van der Waals surface area contributed by atoms with E-state index in [9.17, 15) is 19.2 Å². The second kappa shape index (κ2) is 8.81. The number of piperidine rings is 1. The molecule has 0 spiro atoms. The lowest BCUT2D eigenvalue weighted by molar-refractivity contribution is -0.135. The van der Waals surface area contributed by atoms with Gasteiger partial charge in [0, 0.05) is 25.6 Å². The molecule has 0 unspecified atom stereocenters. The first-order chi connectivity index (χ1) is 15.4. The van der Waals surface area contributed by atoms with Crippen molar-refractivity contribution in [1.29, 1.82) is 0 Å². The van der Waals surface area contributed by atoms with E-state index < -0.39 is 11.2 Å². The lowest BCUT2D eigenvalue weighted by Crippen LogP contribution is -2.47.